The maximum absolute atomic E-state index is 13.2. The average molecular weight is 383 g/mol. The highest BCUT2D eigenvalue weighted by Gasteiger charge is 2.33. The van der Waals surface area contributed by atoms with Crippen LogP contribution in [0.15, 0.2) is 47.6 Å². The number of halogens is 2. The molecular formula is C18H23F2N3O2S. The fourth-order valence-corrected chi connectivity index (χ4v) is 5.03. The molecule has 3 rings (SSSR count). The molecule has 0 unspecified atom stereocenters. The Morgan fingerprint density at radius 3 is 2.50 bits per heavy atom. The quantitative estimate of drug-likeness (QED) is 0.733. The van der Waals surface area contributed by atoms with Crippen LogP contribution in [0.1, 0.15) is 37.7 Å². The Hall–Kier alpha value is -1.80. The minimum absolute atomic E-state index is 0.0281. The van der Waals surface area contributed by atoms with Crippen molar-refractivity contribution in [3.05, 3.63) is 48.3 Å². The molecule has 0 atom stereocenters. The number of rotatable bonds is 7. The fourth-order valence-electron chi connectivity index (χ4n) is 3.40. The highest BCUT2D eigenvalue weighted by molar-refractivity contribution is 7.89. The molecule has 0 aliphatic heterocycles. The first kappa shape index (κ1) is 19.0. The van der Waals surface area contributed by atoms with E-state index >= 15 is 0 Å². The van der Waals surface area contributed by atoms with Crippen LogP contribution in [0.5, 0.6) is 0 Å². The molecule has 1 aromatic carbocycles. The summed E-state index contributed by atoms with van der Waals surface area (Å²) in [5.74, 6) is 0. The number of hydrogen-bond donors (Lipinski definition) is 0. The minimum atomic E-state index is -3.81. The molecule has 0 saturated heterocycles. The van der Waals surface area contributed by atoms with E-state index in [2.05, 4.69) is 5.10 Å². The molecule has 0 spiro atoms. The van der Waals surface area contributed by atoms with Gasteiger partial charge in [-0.05, 0) is 18.4 Å². The fraction of sp³-hybridized carbons (Fsp3) is 0.500. The van der Waals surface area contributed by atoms with Crippen LogP contribution in [0.25, 0.3) is 0 Å². The van der Waals surface area contributed by atoms with Crippen molar-refractivity contribution in [1.29, 1.82) is 0 Å². The van der Waals surface area contributed by atoms with Gasteiger partial charge in [0.05, 0.1) is 6.20 Å². The van der Waals surface area contributed by atoms with E-state index in [0.717, 1.165) is 42.3 Å². The van der Waals surface area contributed by atoms with E-state index in [1.165, 1.54) is 16.7 Å². The molecule has 8 heteroatoms. The van der Waals surface area contributed by atoms with Crippen molar-refractivity contribution in [3.8, 4) is 0 Å². The first-order chi connectivity index (χ1) is 12.5. The van der Waals surface area contributed by atoms with Gasteiger partial charge in [-0.2, -0.15) is 9.40 Å². The largest absolute Gasteiger partial charge is 0.266 e. The van der Waals surface area contributed by atoms with Gasteiger partial charge in [-0.15, -0.1) is 0 Å². The second-order valence-corrected chi connectivity index (χ2v) is 8.51. The monoisotopic (exact) mass is 383 g/mol. The molecule has 1 heterocycles. The standard InChI is InChI=1S/C18H23F2N3O2S/c19-18(20)14-22-13-17(11-21-22)26(24,25)23(16-9-5-2-6-10-16)12-15-7-3-1-4-8-15/h1,3-4,7-8,11,13,16,18H,2,5-6,9-10,12,14H2. The van der Waals surface area contributed by atoms with Crippen LogP contribution < -0.4 is 0 Å². The third-order valence-electron chi connectivity index (χ3n) is 4.70. The van der Waals surface area contributed by atoms with E-state index in [4.69, 9.17) is 0 Å². The molecule has 26 heavy (non-hydrogen) atoms. The van der Waals surface area contributed by atoms with Gasteiger partial charge in [0.2, 0.25) is 10.0 Å². The van der Waals surface area contributed by atoms with Crippen molar-refractivity contribution in [2.75, 3.05) is 0 Å². The molecule has 0 N–H and O–H groups in total. The smallest absolute Gasteiger partial charge is 0.257 e. The molecule has 5 nitrogen and oxygen atoms in total. The van der Waals surface area contributed by atoms with E-state index in [-0.39, 0.29) is 17.5 Å². The Balaban J connectivity index is 1.89. The van der Waals surface area contributed by atoms with Crippen molar-refractivity contribution < 1.29 is 17.2 Å². The van der Waals surface area contributed by atoms with E-state index in [9.17, 15) is 17.2 Å². The van der Waals surface area contributed by atoms with E-state index in [1.807, 2.05) is 30.3 Å². The predicted molar refractivity (Wildman–Crippen MR) is 94.3 cm³/mol. The summed E-state index contributed by atoms with van der Waals surface area (Å²) >= 11 is 0. The molecule has 0 amide bonds. The second kappa shape index (κ2) is 8.26. The number of nitrogens with zero attached hydrogens (tertiary/aromatic N) is 3. The summed E-state index contributed by atoms with van der Waals surface area (Å²) in [6.45, 7) is -0.342. The zero-order valence-corrected chi connectivity index (χ0v) is 15.3. The molecule has 1 saturated carbocycles. The van der Waals surface area contributed by atoms with Crippen LogP contribution in [0.3, 0.4) is 0 Å². The Morgan fingerprint density at radius 2 is 1.85 bits per heavy atom. The summed E-state index contributed by atoms with van der Waals surface area (Å²) in [6, 6.07) is 9.35. The van der Waals surface area contributed by atoms with Gasteiger partial charge >= 0.3 is 0 Å². The number of benzene rings is 1. The molecule has 1 aromatic heterocycles. The number of aromatic nitrogens is 2. The van der Waals surface area contributed by atoms with Gasteiger partial charge in [-0.3, -0.25) is 4.68 Å². The zero-order valence-electron chi connectivity index (χ0n) is 14.5. The summed E-state index contributed by atoms with van der Waals surface area (Å²) < 4.78 is 54.0. The second-order valence-electron chi connectivity index (χ2n) is 6.62. The summed E-state index contributed by atoms with van der Waals surface area (Å²) in [7, 11) is -3.81. The number of sulfonamides is 1. The van der Waals surface area contributed by atoms with Crippen LogP contribution in [0.2, 0.25) is 0 Å². The van der Waals surface area contributed by atoms with Gasteiger partial charge in [0.1, 0.15) is 11.4 Å². The summed E-state index contributed by atoms with van der Waals surface area (Å²) in [5, 5.41) is 3.79. The van der Waals surface area contributed by atoms with Crippen LogP contribution in [0.4, 0.5) is 8.78 Å². The van der Waals surface area contributed by atoms with E-state index in [0.29, 0.717) is 0 Å². The lowest BCUT2D eigenvalue weighted by Crippen LogP contribution is -2.40. The third-order valence-corrected chi connectivity index (χ3v) is 6.56. The molecular weight excluding hydrogens is 360 g/mol. The third kappa shape index (κ3) is 4.48. The van der Waals surface area contributed by atoms with Crippen molar-refractivity contribution in [3.63, 3.8) is 0 Å². The topological polar surface area (TPSA) is 55.2 Å². The Kier molecular flexibility index (Phi) is 6.03. The Bertz CT molecular complexity index is 803. The van der Waals surface area contributed by atoms with Gasteiger partial charge < -0.3 is 0 Å². The summed E-state index contributed by atoms with van der Waals surface area (Å²) in [4.78, 5) is -0.0281. The highest BCUT2D eigenvalue weighted by Crippen LogP contribution is 2.29. The Labute approximate surface area is 152 Å². The van der Waals surface area contributed by atoms with Gasteiger partial charge in [0, 0.05) is 18.8 Å². The molecule has 2 aromatic rings. The first-order valence-electron chi connectivity index (χ1n) is 8.83. The van der Waals surface area contributed by atoms with Crippen LogP contribution >= 0.6 is 0 Å². The minimum Gasteiger partial charge on any atom is -0.266 e. The van der Waals surface area contributed by atoms with Crippen LogP contribution in [-0.2, 0) is 23.1 Å². The van der Waals surface area contributed by atoms with Crippen LogP contribution in [0, 0.1) is 0 Å². The number of hydrogen-bond acceptors (Lipinski definition) is 3. The van der Waals surface area contributed by atoms with Crippen molar-refractivity contribution in [2.24, 2.45) is 0 Å². The van der Waals surface area contributed by atoms with Crippen molar-refractivity contribution in [2.45, 2.75) is 62.6 Å². The van der Waals surface area contributed by atoms with Crippen molar-refractivity contribution in [1.82, 2.24) is 14.1 Å². The lowest BCUT2D eigenvalue weighted by Gasteiger charge is -2.33. The lowest BCUT2D eigenvalue weighted by atomic mass is 9.95. The first-order valence-corrected chi connectivity index (χ1v) is 10.3. The highest BCUT2D eigenvalue weighted by atomic mass is 32.2. The van der Waals surface area contributed by atoms with Gasteiger partial charge in [-0.1, -0.05) is 49.6 Å². The summed E-state index contributed by atoms with van der Waals surface area (Å²) in [6.07, 6.45) is 4.52. The molecule has 142 valence electrons. The SMILES string of the molecule is O=S(=O)(c1cnn(CC(F)F)c1)N(Cc1ccccc1)C1CCCCC1. The maximum Gasteiger partial charge on any atom is 0.257 e. The van der Waals surface area contributed by atoms with Gasteiger partial charge in [0.15, 0.2) is 0 Å². The number of alkyl halides is 2. The lowest BCUT2D eigenvalue weighted by molar-refractivity contribution is 0.121. The van der Waals surface area contributed by atoms with E-state index in [1.54, 1.807) is 0 Å². The van der Waals surface area contributed by atoms with E-state index < -0.39 is 23.0 Å². The maximum atomic E-state index is 13.2. The van der Waals surface area contributed by atoms with Crippen LogP contribution in [-0.4, -0.2) is 35.0 Å². The van der Waals surface area contributed by atoms with Gasteiger partial charge in [-0.25, -0.2) is 17.2 Å². The molecule has 1 aliphatic rings. The molecule has 1 fully saturated rings. The normalized spacial score (nSPS) is 16.5. The average Bonchev–Trinajstić information content (AvgIpc) is 3.10. The van der Waals surface area contributed by atoms with Gasteiger partial charge in [0.25, 0.3) is 6.43 Å². The molecule has 0 bridgehead atoms. The molecule has 1 aliphatic carbocycles. The summed E-state index contributed by atoms with van der Waals surface area (Å²) in [5.41, 5.74) is 0.904. The molecule has 0 radical (unpaired) electrons. The Morgan fingerprint density at radius 1 is 1.15 bits per heavy atom. The predicted octanol–water partition coefficient (Wildman–Crippen LogP) is 3.67. The zero-order chi connectivity index (χ0) is 18.6. The van der Waals surface area contributed by atoms with Crippen molar-refractivity contribution >= 4 is 10.0 Å².